The first-order valence-corrected chi connectivity index (χ1v) is 8.18. The summed E-state index contributed by atoms with van der Waals surface area (Å²) < 4.78 is 1.17. The molecule has 0 radical (unpaired) electrons. The second kappa shape index (κ2) is 5.19. The fraction of sp³-hybridized carbons (Fsp3) is 0.733. The highest BCUT2D eigenvalue weighted by atomic mass is 127. The van der Waals surface area contributed by atoms with E-state index in [9.17, 15) is 0 Å². The molecule has 0 unspecified atom stereocenters. The molecule has 0 aliphatic heterocycles. The Bertz CT molecular complexity index is 473. The van der Waals surface area contributed by atoms with Crippen LogP contribution in [0.25, 0.3) is 0 Å². The van der Waals surface area contributed by atoms with Gasteiger partial charge in [0, 0.05) is 17.4 Å². The van der Waals surface area contributed by atoms with Crippen LogP contribution >= 0.6 is 22.6 Å². The largest absolute Gasteiger partial charge is 0.369 e. The highest BCUT2D eigenvalue weighted by Gasteiger charge is 2.43. The van der Waals surface area contributed by atoms with Crippen LogP contribution in [0, 0.1) is 3.57 Å². The van der Waals surface area contributed by atoms with Gasteiger partial charge in [-0.1, -0.05) is 34.6 Å². The summed E-state index contributed by atoms with van der Waals surface area (Å²) in [5, 5.41) is 3.46. The normalized spacial score (nSPS) is 17.4. The average molecular weight is 373 g/mol. The fourth-order valence-electron chi connectivity index (χ4n) is 1.99. The fourth-order valence-corrected chi connectivity index (χ4v) is 3.23. The van der Waals surface area contributed by atoms with Crippen LogP contribution in [-0.4, -0.2) is 16.5 Å². The highest BCUT2D eigenvalue weighted by molar-refractivity contribution is 14.1. The van der Waals surface area contributed by atoms with Crippen molar-refractivity contribution in [2.75, 3.05) is 11.9 Å². The summed E-state index contributed by atoms with van der Waals surface area (Å²) in [6, 6.07) is 0. The SMILES string of the molecule is CCCNc1nc(C2(C)CC2)nc(C(C)(C)C)c1I. The van der Waals surface area contributed by atoms with Gasteiger partial charge in [0.25, 0.3) is 0 Å². The van der Waals surface area contributed by atoms with E-state index in [1.54, 1.807) is 0 Å². The molecule has 0 bridgehead atoms. The summed E-state index contributed by atoms with van der Waals surface area (Å²) in [4.78, 5) is 9.68. The van der Waals surface area contributed by atoms with Crippen molar-refractivity contribution in [3.63, 3.8) is 0 Å². The topological polar surface area (TPSA) is 37.8 Å². The Morgan fingerprint density at radius 1 is 1.26 bits per heavy atom. The molecule has 1 aliphatic rings. The predicted molar refractivity (Wildman–Crippen MR) is 88.8 cm³/mol. The van der Waals surface area contributed by atoms with Gasteiger partial charge in [-0.15, -0.1) is 0 Å². The van der Waals surface area contributed by atoms with Gasteiger partial charge in [0.1, 0.15) is 11.6 Å². The molecule has 3 nitrogen and oxygen atoms in total. The van der Waals surface area contributed by atoms with Crippen LogP contribution in [0.15, 0.2) is 0 Å². The third-order valence-electron chi connectivity index (χ3n) is 3.64. The van der Waals surface area contributed by atoms with Crippen molar-refractivity contribution >= 4 is 28.4 Å². The highest BCUT2D eigenvalue weighted by Crippen LogP contribution is 2.47. The van der Waals surface area contributed by atoms with E-state index >= 15 is 0 Å². The molecule has 1 aromatic heterocycles. The second-order valence-corrected chi connectivity index (χ2v) is 7.87. The summed E-state index contributed by atoms with van der Waals surface area (Å²) in [7, 11) is 0. The van der Waals surface area contributed by atoms with Crippen LogP contribution < -0.4 is 5.32 Å². The zero-order chi connectivity index (χ0) is 14.3. The lowest BCUT2D eigenvalue weighted by Crippen LogP contribution is -2.22. The van der Waals surface area contributed by atoms with Crippen molar-refractivity contribution in [1.29, 1.82) is 0 Å². The van der Waals surface area contributed by atoms with Gasteiger partial charge in [-0.25, -0.2) is 9.97 Å². The molecule has 1 aliphatic carbocycles. The summed E-state index contributed by atoms with van der Waals surface area (Å²) in [5.74, 6) is 2.04. The first-order valence-electron chi connectivity index (χ1n) is 7.10. The number of hydrogen-bond acceptors (Lipinski definition) is 3. The zero-order valence-corrected chi connectivity index (χ0v) is 14.8. The van der Waals surface area contributed by atoms with Crippen molar-refractivity contribution in [2.45, 2.75) is 64.7 Å². The van der Waals surface area contributed by atoms with Crippen LogP contribution in [0.5, 0.6) is 0 Å². The molecule has 0 saturated heterocycles. The average Bonchev–Trinajstić information content (AvgIpc) is 3.05. The van der Waals surface area contributed by atoms with E-state index in [0.717, 1.165) is 24.6 Å². The van der Waals surface area contributed by atoms with Crippen molar-refractivity contribution in [1.82, 2.24) is 9.97 Å². The summed E-state index contributed by atoms with van der Waals surface area (Å²) in [5.41, 5.74) is 1.44. The molecule has 0 spiro atoms. The molecule has 1 fully saturated rings. The maximum Gasteiger partial charge on any atom is 0.143 e. The number of nitrogens with one attached hydrogen (secondary N) is 1. The standard InChI is InChI=1S/C15H24IN3/c1-6-9-17-12-10(16)11(14(2,3)4)18-13(19-12)15(5)7-8-15/h6-9H2,1-5H3,(H,17,18,19). The molecule has 1 heterocycles. The predicted octanol–water partition coefficient (Wildman–Crippen LogP) is 4.25. The maximum absolute atomic E-state index is 4.89. The Morgan fingerprint density at radius 3 is 2.37 bits per heavy atom. The second-order valence-electron chi connectivity index (χ2n) is 6.80. The first kappa shape index (κ1) is 15.0. The van der Waals surface area contributed by atoms with E-state index in [1.165, 1.54) is 22.1 Å². The van der Waals surface area contributed by atoms with E-state index in [0.29, 0.717) is 0 Å². The van der Waals surface area contributed by atoms with Gasteiger partial charge in [0.2, 0.25) is 0 Å². The Morgan fingerprint density at radius 2 is 1.89 bits per heavy atom. The van der Waals surface area contributed by atoms with Gasteiger partial charge in [-0.2, -0.15) is 0 Å². The van der Waals surface area contributed by atoms with Crippen molar-refractivity contribution in [3.05, 3.63) is 15.1 Å². The molecule has 0 aromatic carbocycles. The Labute approximate surface area is 130 Å². The van der Waals surface area contributed by atoms with E-state index in [1.807, 2.05) is 0 Å². The maximum atomic E-state index is 4.89. The van der Waals surface area contributed by atoms with Crippen LogP contribution in [0.3, 0.4) is 0 Å². The summed E-state index contributed by atoms with van der Waals surface area (Å²) >= 11 is 2.38. The number of hydrogen-bond donors (Lipinski definition) is 1. The van der Waals surface area contributed by atoms with Crippen LogP contribution in [0.1, 0.15) is 65.4 Å². The third-order valence-corrected chi connectivity index (χ3v) is 4.67. The number of nitrogens with zero attached hydrogens (tertiary/aromatic N) is 2. The van der Waals surface area contributed by atoms with Crippen LogP contribution in [0.4, 0.5) is 5.82 Å². The van der Waals surface area contributed by atoms with E-state index in [4.69, 9.17) is 9.97 Å². The minimum Gasteiger partial charge on any atom is -0.369 e. The minimum atomic E-state index is 0.0576. The van der Waals surface area contributed by atoms with Crippen molar-refractivity contribution < 1.29 is 0 Å². The van der Waals surface area contributed by atoms with Gasteiger partial charge in [-0.05, 0) is 41.9 Å². The van der Waals surface area contributed by atoms with E-state index in [-0.39, 0.29) is 10.8 Å². The molecular formula is C15H24IN3. The smallest absolute Gasteiger partial charge is 0.143 e. The van der Waals surface area contributed by atoms with Gasteiger partial charge >= 0.3 is 0 Å². The minimum absolute atomic E-state index is 0.0576. The van der Waals surface area contributed by atoms with Crippen molar-refractivity contribution in [3.8, 4) is 0 Å². The van der Waals surface area contributed by atoms with E-state index < -0.39 is 0 Å². The molecular weight excluding hydrogens is 349 g/mol. The number of halogens is 1. The van der Waals surface area contributed by atoms with Crippen LogP contribution in [-0.2, 0) is 10.8 Å². The first-order chi connectivity index (χ1) is 8.78. The van der Waals surface area contributed by atoms with Gasteiger partial charge < -0.3 is 5.32 Å². The molecule has 0 atom stereocenters. The summed E-state index contributed by atoms with van der Waals surface area (Å²) in [6.07, 6.45) is 3.53. The number of rotatable bonds is 4. The summed E-state index contributed by atoms with van der Waals surface area (Å²) in [6.45, 7) is 12.1. The lowest BCUT2D eigenvalue weighted by Gasteiger charge is -2.23. The molecule has 4 heteroatoms. The molecule has 1 aromatic rings. The Balaban J connectivity index is 2.47. The monoisotopic (exact) mass is 373 g/mol. The molecule has 0 amide bonds. The zero-order valence-electron chi connectivity index (χ0n) is 12.6. The molecule has 1 saturated carbocycles. The van der Waals surface area contributed by atoms with E-state index in [2.05, 4.69) is 62.5 Å². The Hall–Kier alpha value is -0.390. The van der Waals surface area contributed by atoms with Gasteiger partial charge in [0.05, 0.1) is 9.26 Å². The van der Waals surface area contributed by atoms with Gasteiger partial charge in [-0.3, -0.25) is 0 Å². The number of aromatic nitrogens is 2. The third kappa shape index (κ3) is 3.20. The van der Waals surface area contributed by atoms with Crippen LogP contribution in [0.2, 0.25) is 0 Å². The quantitative estimate of drug-likeness (QED) is 0.802. The lowest BCUT2D eigenvalue weighted by atomic mass is 9.91. The Kier molecular flexibility index (Phi) is 4.10. The number of anilines is 1. The van der Waals surface area contributed by atoms with Crippen molar-refractivity contribution in [2.24, 2.45) is 0 Å². The molecule has 106 valence electrons. The van der Waals surface area contributed by atoms with Gasteiger partial charge in [0.15, 0.2) is 0 Å². The lowest BCUT2D eigenvalue weighted by molar-refractivity contribution is 0.550. The molecule has 19 heavy (non-hydrogen) atoms. The molecule has 2 rings (SSSR count). The molecule has 1 N–H and O–H groups in total.